The van der Waals surface area contributed by atoms with Gasteiger partial charge in [-0.3, -0.25) is 9.52 Å². The first-order valence-corrected chi connectivity index (χ1v) is 12.7. The van der Waals surface area contributed by atoms with Crippen molar-refractivity contribution in [3.63, 3.8) is 0 Å². The van der Waals surface area contributed by atoms with Crippen molar-refractivity contribution in [2.75, 3.05) is 28.0 Å². The average Bonchev–Trinajstić information content (AvgIpc) is 2.70. The number of anilines is 3. The van der Waals surface area contributed by atoms with Gasteiger partial charge in [-0.2, -0.15) is 0 Å². The van der Waals surface area contributed by atoms with Crippen LogP contribution in [0, 0.1) is 13.8 Å². The SMILES string of the molecule is Cc1c(NC(=O)c2ccc(NS(=O)(=O)C(C)(C)C)cc2)ccc(N2CC(C)OC(C)C2)c1C. The number of benzene rings is 2. The van der Waals surface area contributed by atoms with Crippen LogP contribution in [-0.4, -0.2) is 44.4 Å². The van der Waals surface area contributed by atoms with Crippen molar-refractivity contribution in [1.29, 1.82) is 0 Å². The summed E-state index contributed by atoms with van der Waals surface area (Å²) in [6, 6.07) is 10.4. The Morgan fingerprint density at radius 1 is 0.970 bits per heavy atom. The predicted octanol–water partition coefficient (Wildman–Crippen LogP) is 4.71. The van der Waals surface area contributed by atoms with E-state index in [0.717, 1.165) is 35.6 Å². The second kappa shape index (κ2) is 9.35. The molecule has 2 aromatic carbocycles. The van der Waals surface area contributed by atoms with Crippen LogP contribution in [0.2, 0.25) is 0 Å². The molecule has 0 saturated carbocycles. The number of sulfonamides is 1. The van der Waals surface area contributed by atoms with E-state index < -0.39 is 14.8 Å². The second-order valence-corrected chi connectivity index (χ2v) is 12.2. The molecular weight excluding hydrogens is 438 g/mol. The minimum Gasteiger partial charge on any atom is -0.372 e. The van der Waals surface area contributed by atoms with E-state index in [1.165, 1.54) is 0 Å². The lowest BCUT2D eigenvalue weighted by Crippen LogP contribution is -2.45. The molecule has 1 saturated heterocycles. The summed E-state index contributed by atoms with van der Waals surface area (Å²) >= 11 is 0. The molecule has 0 spiro atoms. The lowest BCUT2D eigenvalue weighted by Gasteiger charge is -2.38. The highest BCUT2D eigenvalue weighted by Gasteiger charge is 2.29. The Morgan fingerprint density at radius 3 is 2.09 bits per heavy atom. The van der Waals surface area contributed by atoms with Crippen LogP contribution in [0.4, 0.5) is 17.1 Å². The van der Waals surface area contributed by atoms with E-state index in [9.17, 15) is 13.2 Å². The van der Waals surface area contributed by atoms with E-state index in [0.29, 0.717) is 11.3 Å². The van der Waals surface area contributed by atoms with Gasteiger partial charge < -0.3 is 15.0 Å². The lowest BCUT2D eigenvalue weighted by atomic mass is 10.0. The van der Waals surface area contributed by atoms with Gasteiger partial charge in [0.05, 0.1) is 17.0 Å². The van der Waals surface area contributed by atoms with Gasteiger partial charge in [0.25, 0.3) is 5.91 Å². The van der Waals surface area contributed by atoms with Crippen molar-refractivity contribution in [3.05, 3.63) is 53.1 Å². The van der Waals surface area contributed by atoms with Crippen LogP contribution in [0.1, 0.15) is 56.1 Å². The van der Waals surface area contributed by atoms with E-state index in [1.807, 2.05) is 19.1 Å². The number of nitrogens with one attached hydrogen (secondary N) is 2. The number of carbonyl (C=O) groups is 1. The average molecular weight is 474 g/mol. The van der Waals surface area contributed by atoms with Gasteiger partial charge in [0, 0.05) is 35.7 Å². The molecule has 2 N–H and O–H groups in total. The summed E-state index contributed by atoms with van der Waals surface area (Å²) in [7, 11) is -3.53. The van der Waals surface area contributed by atoms with Crippen LogP contribution in [0.25, 0.3) is 0 Å². The summed E-state index contributed by atoms with van der Waals surface area (Å²) < 4.78 is 32.1. The van der Waals surface area contributed by atoms with E-state index in [1.54, 1.807) is 45.0 Å². The maximum Gasteiger partial charge on any atom is 0.255 e. The molecule has 2 atom stereocenters. The van der Waals surface area contributed by atoms with Crippen molar-refractivity contribution in [2.45, 2.75) is 65.4 Å². The monoisotopic (exact) mass is 473 g/mol. The number of nitrogens with zero attached hydrogens (tertiary/aromatic N) is 1. The minimum atomic E-state index is -3.53. The molecule has 1 amide bonds. The summed E-state index contributed by atoms with van der Waals surface area (Å²) in [5.74, 6) is -0.246. The van der Waals surface area contributed by atoms with Crippen molar-refractivity contribution >= 4 is 33.0 Å². The van der Waals surface area contributed by atoms with Gasteiger partial charge in [-0.05, 0) is 96.0 Å². The molecule has 0 aliphatic carbocycles. The highest BCUT2D eigenvalue weighted by molar-refractivity contribution is 7.94. The number of hydrogen-bond donors (Lipinski definition) is 2. The third-order valence-corrected chi connectivity index (χ3v) is 8.09. The molecule has 0 aromatic heterocycles. The summed E-state index contributed by atoms with van der Waals surface area (Å²) in [5.41, 5.74) is 4.93. The first-order chi connectivity index (χ1) is 15.3. The number of hydrogen-bond acceptors (Lipinski definition) is 5. The summed E-state index contributed by atoms with van der Waals surface area (Å²) in [6.45, 7) is 14.8. The molecule has 2 unspecified atom stereocenters. The smallest absolute Gasteiger partial charge is 0.255 e. The van der Waals surface area contributed by atoms with Gasteiger partial charge in [-0.1, -0.05) is 0 Å². The fourth-order valence-electron chi connectivity index (χ4n) is 3.85. The van der Waals surface area contributed by atoms with Crippen molar-refractivity contribution in [3.8, 4) is 0 Å². The first kappa shape index (κ1) is 25.1. The van der Waals surface area contributed by atoms with E-state index >= 15 is 0 Å². The molecule has 2 aromatic rings. The number of amides is 1. The Kier molecular flexibility index (Phi) is 7.10. The van der Waals surface area contributed by atoms with Gasteiger partial charge in [-0.15, -0.1) is 0 Å². The second-order valence-electron chi connectivity index (χ2n) is 9.79. The Bertz CT molecular complexity index is 1110. The van der Waals surface area contributed by atoms with Crippen LogP contribution in [0.5, 0.6) is 0 Å². The Labute approximate surface area is 197 Å². The molecule has 3 rings (SSSR count). The standard InChI is InChI=1S/C25H35N3O4S/c1-16-14-28(15-17(2)32-16)23-13-12-22(18(3)19(23)4)26-24(29)20-8-10-21(11-9-20)27-33(30,31)25(5,6)7/h8-13,16-17,27H,14-15H2,1-7H3,(H,26,29). The van der Waals surface area contributed by atoms with Crippen LogP contribution < -0.4 is 14.9 Å². The molecule has 33 heavy (non-hydrogen) atoms. The maximum atomic E-state index is 12.8. The van der Waals surface area contributed by atoms with Crippen molar-refractivity contribution in [1.82, 2.24) is 0 Å². The topological polar surface area (TPSA) is 87.7 Å². The van der Waals surface area contributed by atoms with Crippen LogP contribution in [0.15, 0.2) is 36.4 Å². The third-order valence-electron chi connectivity index (χ3n) is 5.97. The van der Waals surface area contributed by atoms with Crippen molar-refractivity contribution < 1.29 is 17.9 Å². The molecular formula is C25H35N3O4S. The normalized spacial score (nSPS) is 19.3. The minimum absolute atomic E-state index is 0.170. The molecule has 8 heteroatoms. The van der Waals surface area contributed by atoms with Gasteiger partial charge in [0.15, 0.2) is 0 Å². The van der Waals surface area contributed by atoms with Gasteiger partial charge in [0.1, 0.15) is 0 Å². The fraction of sp³-hybridized carbons (Fsp3) is 0.480. The molecule has 1 heterocycles. The summed E-state index contributed by atoms with van der Waals surface area (Å²) in [4.78, 5) is 15.2. The molecule has 0 radical (unpaired) electrons. The highest BCUT2D eigenvalue weighted by atomic mass is 32.2. The highest BCUT2D eigenvalue weighted by Crippen LogP contribution is 2.31. The van der Waals surface area contributed by atoms with Gasteiger partial charge in [-0.25, -0.2) is 8.42 Å². The van der Waals surface area contributed by atoms with Crippen LogP contribution in [-0.2, 0) is 14.8 Å². The number of morpholine rings is 1. The zero-order valence-electron chi connectivity index (χ0n) is 20.5. The molecule has 7 nitrogen and oxygen atoms in total. The largest absolute Gasteiger partial charge is 0.372 e. The van der Waals surface area contributed by atoms with Crippen LogP contribution in [0.3, 0.4) is 0 Å². The Morgan fingerprint density at radius 2 is 1.55 bits per heavy atom. The zero-order valence-corrected chi connectivity index (χ0v) is 21.3. The number of rotatable bonds is 5. The molecule has 1 aliphatic rings. The fourth-order valence-corrected chi connectivity index (χ4v) is 4.60. The Hall–Kier alpha value is -2.58. The molecule has 0 bridgehead atoms. The van der Waals surface area contributed by atoms with Gasteiger partial charge >= 0.3 is 0 Å². The lowest BCUT2D eigenvalue weighted by molar-refractivity contribution is -0.00525. The van der Waals surface area contributed by atoms with E-state index in [2.05, 4.69) is 35.7 Å². The molecule has 180 valence electrons. The Balaban J connectivity index is 1.73. The van der Waals surface area contributed by atoms with E-state index in [-0.39, 0.29) is 18.1 Å². The summed E-state index contributed by atoms with van der Waals surface area (Å²) in [5, 5.41) is 2.99. The predicted molar refractivity (Wildman–Crippen MR) is 135 cm³/mol. The first-order valence-electron chi connectivity index (χ1n) is 11.2. The number of carbonyl (C=O) groups excluding carboxylic acids is 1. The number of ether oxygens (including phenoxy) is 1. The maximum absolute atomic E-state index is 12.8. The van der Waals surface area contributed by atoms with Crippen LogP contribution >= 0.6 is 0 Å². The quantitative estimate of drug-likeness (QED) is 0.657. The van der Waals surface area contributed by atoms with E-state index in [4.69, 9.17) is 4.74 Å². The molecule has 1 fully saturated rings. The third kappa shape index (κ3) is 5.68. The summed E-state index contributed by atoms with van der Waals surface area (Å²) in [6.07, 6.45) is 0.340. The van der Waals surface area contributed by atoms with Crippen molar-refractivity contribution in [2.24, 2.45) is 0 Å². The molecule has 1 aliphatic heterocycles. The zero-order chi connectivity index (χ0) is 24.6. The van der Waals surface area contributed by atoms with Gasteiger partial charge in [0.2, 0.25) is 10.0 Å².